The molecule has 2 aromatic rings. The molecule has 0 aliphatic heterocycles. The lowest BCUT2D eigenvalue weighted by Gasteiger charge is -2.18. The van der Waals surface area contributed by atoms with E-state index in [1.54, 1.807) is 4.68 Å². The van der Waals surface area contributed by atoms with Gasteiger partial charge in [-0.1, -0.05) is 30.3 Å². The Balaban J connectivity index is 2.09. The van der Waals surface area contributed by atoms with Gasteiger partial charge in [0.15, 0.2) is 4.60 Å². The van der Waals surface area contributed by atoms with Crippen LogP contribution in [0.3, 0.4) is 0 Å². The van der Waals surface area contributed by atoms with Crippen LogP contribution in [-0.2, 0) is 7.05 Å². The van der Waals surface area contributed by atoms with Gasteiger partial charge >= 0.3 is 0 Å². The highest BCUT2D eigenvalue weighted by Crippen LogP contribution is 2.21. The minimum atomic E-state index is 0.0413. The monoisotopic (exact) mass is 324 g/mol. The number of likely N-dealkylation sites (N-methyl/N-ethyl adjacent to an activating group) is 1. The Bertz CT molecular complexity index is 495. The minimum absolute atomic E-state index is 0.0413. The number of rotatable bonds is 6. The van der Waals surface area contributed by atoms with Crippen LogP contribution in [0.4, 0.5) is 0 Å². The van der Waals surface area contributed by atoms with Gasteiger partial charge in [-0.15, -0.1) is 5.10 Å². The van der Waals surface area contributed by atoms with Crippen molar-refractivity contribution in [1.82, 2.24) is 20.3 Å². The number of nitrogens with zero attached hydrogens (tertiary/aromatic N) is 3. The molecule has 2 rings (SSSR count). The van der Waals surface area contributed by atoms with Gasteiger partial charge in [0.2, 0.25) is 0 Å². The highest BCUT2D eigenvalue weighted by Gasteiger charge is 2.20. The molecule has 1 unspecified atom stereocenters. The van der Waals surface area contributed by atoms with Crippen molar-refractivity contribution in [3.8, 4) is 5.75 Å². The number of aryl methyl sites for hydroxylation is 1. The van der Waals surface area contributed by atoms with Crippen molar-refractivity contribution in [2.75, 3.05) is 13.2 Å². The third kappa shape index (κ3) is 3.54. The predicted molar refractivity (Wildman–Crippen MR) is 77.1 cm³/mol. The fraction of sp³-hybridized carbons (Fsp3) is 0.385. The lowest BCUT2D eigenvalue weighted by molar-refractivity contribution is 0.261. The van der Waals surface area contributed by atoms with Gasteiger partial charge in [-0.25, -0.2) is 4.68 Å². The molecule has 5 nitrogen and oxygen atoms in total. The average molecular weight is 325 g/mol. The molecule has 0 spiro atoms. The number of nitrogens with one attached hydrogen (secondary N) is 1. The second-order valence-corrected chi connectivity index (χ2v) is 4.87. The van der Waals surface area contributed by atoms with Crippen molar-refractivity contribution in [2.45, 2.75) is 13.0 Å². The first-order chi connectivity index (χ1) is 9.22. The summed E-state index contributed by atoms with van der Waals surface area (Å²) >= 11 is 3.42. The number of hydrogen-bond acceptors (Lipinski definition) is 4. The smallest absolute Gasteiger partial charge is 0.153 e. The van der Waals surface area contributed by atoms with Gasteiger partial charge in [-0.05, 0) is 34.6 Å². The molecule has 0 aliphatic carbocycles. The molecular weight excluding hydrogens is 308 g/mol. The summed E-state index contributed by atoms with van der Waals surface area (Å²) in [6, 6.07) is 9.81. The van der Waals surface area contributed by atoms with E-state index in [0.29, 0.717) is 6.61 Å². The van der Waals surface area contributed by atoms with E-state index in [0.717, 1.165) is 22.6 Å². The molecular formula is C13H17BrN4O. The summed E-state index contributed by atoms with van der Waals surface area (Å²) in [6.07, 6.45) is 0. The van der Waals surface area contributed by atoms with Gasteiger partial charge < -0.3 is 10.1 Å². The van der Waals surface area contributed by atoms with E-state index in [1.807, 2.05) is 37.4 Å². The summed E-state index contributed by atoms with van der Waals surface area (Å²) in [6.45, 7) is 3.44. The lowest BCUT2D eigenvalue weighted by atomic mass is 10.2. The molecule has 1 heterocycles. The third-order valence-electron chi connectivity index (χ3n) is 2.77. The average Bonchev–Trinajstić information content (AvgIpc) is 2.76. The fourth-order valence-electron chi connectivity index (χ4n) is 1.89. The molecule has 1 N–H and O–H groups in total. The molecule has 0 amide bonds. The maximum Gasteiger partial charge on any atom is 0.153 e. The van der Waals surface area contributed by atoms with E-state index in [-0.39, 0.29) is 6.04 Å². The molecule has 1 aromatic carbocycles. The van der Waals surface area contributed by atoms with Crippen LogP contribution in [0.1, 0.15) is 18.7 Å². The molecule has 1 aromatic heterocycles. The van der Waals surface area contributed by atoms with Crippen molar-refractivity contribution in [3.63, 3.8) is 0 Å². The van der Waals surface area contributed by atoms with Crippen LogP contribution in [0.25, 0.3) is 0 Å². The summed E-state index contributed by atoms with van der Waals surface area (Å²) < 4.78 is 8.31. The van der Waals surface area contributed by atoms with E-state index >= 15 is 0 Å². The molecule has 1 atom stereocenters. The largest absolute Gasteiger partial charge is 0.492 e. The standard InChI is InChI=1S/C13H17BrN4O/c1-3-15-11(12-13(14)16-17-18(12)2)9-19-10-7-5-4-6-8-10/h4-8,11,15H,3,9H2,1-2H3. The molecule has 0 bridgehead atoms. The van der Waals surface area contributed by atoms with E-state index in [1.165, 1.54) is 0 Å². The Morgan fingerprint density at radius 2 is 2.11 bits per heavy atom. The molecule has 102 valence electrons. The topological polar surface area (TPSA) is 52.0 Å². The highest BCUT2D eigenvalue weighted by molar-refractivity contribution is 9.10. The third-order valence-corrected chi connectivity index (χ3v) is 3.33. The number of halogens is 1. The van der Waals surface area contributed by atoms with E-state index < -0.39 is 0 Å². The van der Waals surface area contributed by atoms with Gasteiger partial charge in [0.25, 0.3) is 0 Å². The Morgan fingerprint density at radius 3 is 2.68 bits per heavy atom. The zero-order valence-electron chi connectivity index (χ0n) is 11.0. The quantitative estimate of drug-likeness (QED) is 0.885. The van der Waals surface area contributed by atoms with Gasteiger partial charge in [0.1, 0.15) is 12.4 Å². The summed E-state index contributed by atoms with van der Waals surface area (Å²) in [7, 11) is 1.87. The van der Waals surface area contributed by atoms with Crippen LogP contribution >= 0.6 is 15.9 Å². The number of ether oxygens (including phenoxy) is 1. The molecule has 0 fully saturated rings. The maximum atomic E-state index is 5.80. The zero-order chi connectivity index (χ0) is 13.7. The second-order valence-electron chi connectivity index (χ2n) is 4.12. The molecule has 0 radical (unpaired) electrons. The number of aromatic nitrogens is 3. The van der Waals surface area contributed by atoms with E-state index in [2.05, 4.69) is 38.5 Å². The normalized spacial score (nSPS) is 12.4. The first-order valence-electron chi connectivity index (χ1n) is 6.18. The molecule has 0 saturated heterocycles. The predicted octanol–water partition coefficient (Wildman–Crippen LogP) is 2.31. The summed E-state index contributed by atoms with van der Waals surface area (Å²) in [5, 5.41) is 11.4. The van der Waals surface area contributed by atoms with E-state index in [9.17, 15) is 0 Å². The summed E-state index contributed by atoms with van der Waals surface area (Å²) in [4.78, 5) is 0. The first-order valence-corrected chi connectivity index (χ1v) is 6.98. The van der Waals surface area contributed by atoms with Crippen molar-refractivity contribution >= 4 is 15.9 Å². The van der Waals surface area contributed by atoms with Crippen molar-refractivity contribution in [1.29, 1.82) is 0 Å². The van der Waals surface area contributed by atoms with Crippen LogP contribution in [-0.4, -0.2) is 28.1 Å². The lowest BCUT2D eigenvalue weighted by Crippen LogP contribution is -2.28. The minimum Gasteiger partial charge on any atom is -0.492 e. The highest BCUT2D eigenvalue weighted by atomic mass is 79.9. The molecule has 0 saturated carbocycles. The van der Waals surface area contributed by atoms with Crippen LogP contribution in [0.15, 0.2) is 34.9 Å². The van der Waals surface area contributed by atoms with Crippen LogP contribution in [0.2, 0.25) is 0 Å². The van der Waals surface area contributed by atoms with Gasteiger partial charge in [-0.2, -0.15) is 0 Å². The van der Waals surface area contributed by atoms with Gasteiger partial charge in [-0.3, -0.25) is 0 Å². The Morgan fingerprint density at radius 1 is 1.37 bits per heavy atom. The number of hydrogen-bond donors (Lipinski definition) is 1. The Kier molecular flexibility index (Phi) is 4.93. The van der Waals surface area contributed by atoms with Crippen molar-refractivity contribution in [3.05, 3.63) is 40.6 Å². The second kappa shape index (κ2) is 6.68. The number of benzene rings is 1. The van der Waals surface area contributed by atoms with Crippen LogP contribution < -0.4 is 10.1 Å². The maximum absolute atomic E-state index is 5.80. The summed E-state index contributed by atoms with van der Waals surface area (Å²) in [5.41, 5.74) is 0.984. The first kappa shape index (κ1) is 14.0. The van der Waals surface area contributed by atoms with Gasteiger partial charge in [0, 0.05) is 7.05 Å². The molecule has 0 aliphatic rings. The van der Waals surface area contributed by atoms with Crippen LogP contribution in [0.5, 0.6) is 5.75 Å². The zero-order valence-corrected chi connectivity index (χ0v) is 12.6. The number of para-hydroxylation sites is 1. The summed E-state index contributed by atoms with van der Waals surface area (Å²) in [5.74, 6) is 0.858. The molecule has 6 heteroatoms. The Hall–Kier alpha value is -1.40. The van der Waals surface area contributed by atoms with Gasteiger partial charge in [0.05, 0.1) is 11.7 Å². The fourth-order valence-corrected chi connectivity index (χ4v) is 2.49. The molecule has 19 heavy (non-hydrogen) atoms. The van der Waals surface area contributed by atoms with E-state index in [4.69, 9.17) is 4.74 Å². The van der Waals surface area contributed by atoms with Crippen molar-refractivity contribution < 1.29 is 4.74 Å². The van der Waals surface area contributed by atoms with Crippen LogP contribution in [0, 0.1) is 0 Å². The van der Waals surface area contributed by atoms with Crippen molar-refractivity contribution in [2.24, 2.45) is 7.05 Å². The SMILES string of the molecule is CCNC(COc1ccccc1)c1c(Br)nnn1C. The Labute approximate surface area is 121 Å².